The highest BCUT2D eigenvalue weighted by molar-refractivity contribution is 5.92. The topological polar surface area (TPSA) is 54.0 Å². The molecule has 2 N–H and O–H groups in total. The lowest BCUT2D eigenvalue weighted by molar-refractivity contribution is 0.251. The number of benzene rings is 1. The van der Waals surface area contributed by atoms with E-state index in [4.69, 9.17) is 0 Å². The molecule has 17 heavy (non-hydrogen) atoms. The monoisotopic (exact) mass is 227 g/mol. The van der Waals surface area contributed by atoms with Crippen molar-refractivity contribution in [2.24, 2.45) is 0 Å². The Morgan fingerprint density at radius 1 is 1.29 bits per heavy atom. The molecular formula is C13H13N3O. The number of nitrogens with zero attached hydrogens (tertiary/aromatic N) is 1. The normalized spacial score (nSPS) is 14.6. The van der Waals surface area contributed by atoms with Gasteiger partial charge in [0.25, 0.3) is 0 Å². The van der Waals surface area contributed by atoms with E-state index in [2.05, 4.69) is 15.6 Å². The van der Waals surface area contributed by atoms with Crippen LogP contribution >= 0.6 is 0 Å². The number of carbonyl (C=O) groups is 1. The smallest absolute Gasteiger partial charge is 0.319 e. The number of aromatic nitrogens is 1. The average molecular weight is 227 g/mol. The van der Waals surface area contributed by atoms with Gasteiger partial charge in [0.05, 0.1) is 5.52 Å². The molecule has 1 aromatic heterocycles. The molecule has 0 aliphatic heterocycles. The first kappa shape index (κ1) is 10.1. The molecule has 4 nitrogen and oxygen atoms in total. The van der Waals surface area contributed by atoms with Gasteiger partial charge in [0.2, 0.25) is 0 Å². The first-order chi connectivity index (χ1) is 8.31. The van der Waals surface area contributed by atoms with Crippen LogP contribution in [0.2, 0.25) is 0 Å². The summed E-state index contributed by atoms with van der Waals surface area (Å²) in [6.07, 6.45) is 3.94. The minimum Gasteiger partial charge on any atom is -0.335 e. The van der Waals surface area contributed by atoms with Crippen LogP contribution in [0.1, 0.15) is 12.8 Å². The maximum absolute atomic E-state index is 11.6. The maximum Gasteiger partial charge on any atom is 0.319 e. The number of carbonyl (C=O) groups excluding carboxylic acids is 1. The van der Waals surface area contributed by atoms with Crippen molar-refractivity contribution in [3.8, 4) is 0 Å². The van der Waals surface area contributed by atoms with Crippen molar-refractivity contribution in [3.05, 3.63) is 36.5 Å². The van der Waals surface area contributed by atoms with Crippen molar-refractivity contribution in [1.82, 2.24) is 10.3 Å². The van der Waals surface area contributed by atoms with Crippen molar-refractivity contribution < 1.29 is 4.79 Å². The average Bonchev–Trinajstić information content (AvgIpc) is 3.12. The molecule has 4 heteroatoms. The van der Waals surface area contributed by atoms with Crippen LogP contribution < -0.4 is 10.6 Å². The van der Waals surface area contributed by atoms with E-state index >= 15 is 0 Å². The Morgan fingerprint density at radius 2 is 2.18 bits per heavy atom. The van der Waals surface area contributed by atoms with Crippen LogP contribution in [-0.4, -0.2) is 17.1 Å². The van der Waals surface area contributed by atoms with Gasteiger partial charge in [-0.1, -0.05) is 6.07 Å². The quantitative estimate of drug-likeness (QED) is 0.828. The van der Waals surface area contributed by atoms with Crippen molar-refractivity contribution >= 4 is 22.6 Å². The molecule has 86 valence electrons. The highest BCUT2D eigenvalue weighted by Gasteiger charge is 2.23. The van der Waals surface area contributed by atoms with E-state index in [0.29, 0.717) is 6.04 Å². The molecule has 0 unspecified atom stereocenters. The second-order valence-corrected chi connectivity index (χ2v) is 4.28. The number of hydrogen-bond donors (Lipinski definition) is 2. The van der Waals surface area contributed by atoms with Gasteiger partial charge in [0.15, 0.2) is 0 Å². The van der Waals surface area contributed by atoms with Crippen LogP contribution in [0.3, 0.4) is 0 Å². The molecule has 1 aliphatic rings. The summed E-state index contributed by atoms with van der Waals surface area (Å²) in [5.74, 6) is 0. The zero-order valence-electron chi connectivity index (χ0n) is 9.31. The second-order valence-electron chi connectivity index (χ2n) is 4.28. The number of amides is 2. The highest BCUT2D eigenvalue weighted by atomic mass is 16.2. The first-order valence-electron chi connectivity index (χ1n) is 5.73. The minimum absolute atomic E-state index is 0.129. The minimum atomic E-state index is -0.129. The third kappa shape index (κ3) is 2.36. The molecule has 0 atom stereocenters. The van der Waals surface area contributed by atoms with Gasteiger partial charge in [-0.3, -0.25) is 4.98 Å². The summed E-state index contributed by atoms with van der Waals surface area (Å²) in [5, 5.41) is 6.74. The first-order valence-corrected chi connectivity index (χ1v) is 5.73. The van der Waals surface area contributed by atoms with Crippen LogP contribution in [0.15, 0.2) is 36.5 Å². The number of hydrogen-bond acceptors (Lipinski definition) is 2. The zero-order chi connectivity index (χ0) is 11.7. The Morgan fingerprint density at radius 3 is 3.00 bits per heavy atom. The van der Waals surface area contributed by atoms with E-state index in [1.165, 1.54) is 0 Å². The number of rotatable bonds is 2. The SMILES string of the molecule is O=C(Nc1ccc2ncccc2c1)NC1CC1. The van der Waals surface area contributed by atoms with E-state index in [0.717, 1.165) is 29.4 Å². The lowest BCUT2D eigenvalue weighted by Gasteiger charge is -2.07. The lowest BCUT2D eigenvalue weighted by atomic mass is 10.2. The molecule has 2 aromatic rings. The predicted molar refractivity (Wildman–Crippen MR) is 66.9 cm³/mol. The van der Waals surface area contributed by atoms with Crippen LogP contribution in [0.25, 0.3) is 10.9 Å². The Balaban J connectivity index is 1.77. The Kier molecular flexibility index (Phi) is 2.40. The maximum atomic E-state index is 11.6. The van der Waals surface area contributed by atoms with Crippen LogP contribution in [0.4, 0.5) is 10.5 Å². The summed E-state index contributed by atoms with van der Waals surface area (Å²) in [5.41, 5.74) is 1.73. The van der Waals surface area contributed by atoms with Crippen molar-refractivity contribution in [2.45, 2.75) is 18.9 Å². The summed E-state index contributed by atoms with van der Waals surface area (Å²) in [4.78, 5) is 15.8. The number of pyridine rings is 1. The second kappa shape index (κ2) is 4.05. The van der Waals surface area contributed by atoms with Gasteiger partial charge in [-0.15, -0.1) is 0 Å². The summed E-state index contributed by atoms with van der Waals surface area (Å²) in [6.45, 7) is 0. The molecule has 2 amide bonds. The Labute approximate surface area is 99.0 Å². The molecule has 1 saturated carbocycles. The van der Waals surface area contributed by atoms with E-state index < -0.39 is 0 Å². The van der Waals surface area contributed by atoms with Crippen molar-refractivity contribution in [2.75, 3.05) is 5.32 Å². The summed E-state index contributed by atoms with van der Waals surface area (Å²) >= 11 is 0. The lowest BCUT2D eigenvalue weighted by Crippen LogP contribution is -2.30. The Bertz CT molecular complexity index is 563. The fourth-order valence-electron chi connectivity index (χ4n) is 1.73. The fraction of sp³-hybridized carbons (Fsp3) is 0.231. The van der Waals surface area contributed by atoms with Gasteiger partial charge in [-0.2, -0.15) is 0 Å². The standard InChI is InChI=1S/C13H13N3O/c17-13(15-10-3-4-10)16-11-5-6-12-9(8-11)2-1-7-14-12/h1-2,5-8,10H,3-4H2,(H2,15,16,17). The van der Waals surface area contributed by atoms with E-state index in [1.807, 2.05) is 30.3 Å². The molecule has 0 radical (unpaired) electrons. The number of fused-ring (bicyclic) bond motifs is 1. The number of nitrogens with one attached hydrogen (secondary N) is 2. The van der Waals surface area contributed by atoms with E-state index in [9.17, 15) is 4.79 Å². The zero-order valence-corrected chi connectivity index (χ0v) is 9.31. The molecule has 1 aromatic carbocycles. The number of anilines is 1. The molecule has 3 rings (SSSR count). The van der Waals surface area contributed by atoms with Crippen LogP contribution in [0, 0.1) is 0 Å². The van der Waals surface area contributed by atoms with Crippen LogP contribution in [0.5, 0.6) is 0 Å². The largest absolute Gasteiger partial charge is 0.335 e. The fourth-order valence-corrected chi connectivity index (χ4v) is 1.73. The van der Waals surface area contributed by atoms with Crippen LogP contribution in [-0.2, 0) is 0 Å². The van der Waals surface area contributed by atoms with Gasteiger partial charge in [-0.25, -0.2) is 4.79 Å². The Hall–Kier alpha value is -2.10. The molecule has 1 heterocycles. The van der Waals surface area contributed by atoms with Crippen molar-refractivity contribution in [3.63, 3.8) is 0 Å². The molecule has 0 bridgehead atoms. The molecule has 0 spiro atoms. The van der Waals surface area contributed by atoms with Gasteiger partial charge >= 0.3 is 6.03 Å². The van der Waals surface area contributed by atoms with E-state index in [1.54, 1.807) is 6.20 Å². The molecule has 1 aliphatic carbocycles. The van der Waals surface area contributed by atoms with E-state index in [-0.39, 0.29) is 6.03 Å². The van der Waals surface area contributed by atoms with Gasteiger partial charge in [-0.05, 0) is 37.1 Å². The van der Waals surface area contributed by atoms with Gasteiger partial charge in [0, 0.05) is 23.3 Å². The molecular weight excluding hydrogens is 214 g/mol. The van der Waals surface area contributed by atoms with Gasteiger partial charge in [0.1, 0.15) is 0 Å². The summed E-state index contributed by atoms with van der Waals surface area (Å²) in [6, 6.07) is 9.80. The number of urea groups is 1. The molecule has 0 saturated heterocycles. The van der Waals surface area contributed by atoms with Crippen molar-refractivity contribution in [1.29, 1.82) is 0 Å². The predicted octanol–water partition coefficient (Wildman–Crippen LogP) is 2.52. The highest BCUT2D eigenvalue weighted by Crippen LogP contribution is 2.20. The summed E-state index contributed by atoms with van der Waals surface area (Å²) in [7, 11) is 0. The summed E-state index contributed by atoms with van der Waals surface area (Å²) < 4.78 is 0. The molecule has 1 fully saturated rings. The third-order valence-corrected chi connectivity index (χ3v) is 2.77. The van der Waals surface area contributed by atoms with Gasteiger partial charge < -0.3 is 10.6 Å². The third-order valence-electron chi connectivity index (χ3n) is 2.77.